The molecule has 1 saturated heterocycles. The van der Waals surface area contributed by atoms with Crippen LogP contribution < -0.4 is 0 Å². The number of hydrogen-bond donors (Lipinski definition) is 0. The van der Waals surface area contributed by atoms with Crippen molar-refractivity contribution in [3.05, 3.63) is 70.1 Å². The van der Waals surface area contributed by atoms with Gasteiger partial charge in [-0.25, -0.2) is 0 Å². The smallest absolute Gasteiger partial charge is 0.289 e. The van der Waals surface area contributed by atoms with E-state index in [1.807, 2.05) is 51.4 Å². The van der Waals surface area contributed by atoms with Crippen molar-refractivity contribution in [1.29, 1.82) is 0 Å². The lowest BCUT2D eigenvalue weighted by Crippen LogP contribution is -2.50. The summed E-state index contributed by atoms with van der Waals surface area (Å²) < 4.78 is 7.93. The molecule has 4 rings (SSSR count). The third kappa shape index (κ3) is 5.41. The van der Waals surface area contributed by atoms with E-state index in [4.69, 9.17) is 4.42 Å². The number of amides is 3. The van der Waals surface area contributed by atoms with E-state index < -0.39 is 0 Å². The van der Waals surface area contributed by atoms with Gasteiger partial charge in [-0.1, -0.05) is 13.0 Å². The molecule has 0 unspecified atom stereocenters. The molecule has 0 aliphatic carbocycles. The van der Waals surface area contributed by atoms with E-state index >= 15 is 0 Å². The van der Waals surface area contributed by atoms with Gasteiger partial charge in [0.15, 0.2) is 5.76 Å². The maximum Gasteiger partial charge on any atom is 0.289 e. The normalized spacial score (nSPS) is 13.8. The standard InChI is InChI=1S/C25H30N4O4S/c1-3-10-29(25(32)23-7-5-16-34-23)17-20-6-4-11-28(20)18-21-8-9-22(33-21)24(31)27-14-12-26(13-15-27)19(2)30/h4-9,11,16H,3,10,12-15,17-18H2,1-2H3. The third-order valence-corrected chi connectivity index (χ3v) is 6.86. The molecule has 8 nitrogen and oxygen atoms in total. The van der Waals surface area contributed by atoms with Gasteiger partial charge in [0, 0.05) is 51.5 Å². The lowest BCUT2D eigenvalue weighted by Gasteiger charge is -2.33. The van der Waals surface area contributed by atoms with E-state index in [0.717, 1.165) is 17.0 Å². The second-order valence-electron chi connectivity index (χ2n) is 8.40. The molecule has 0 radical (unpaired) electrons. The summed E-state index contributed by atoms with van der Waals surface area (Å²) in [6, 6.07) is 11.2. The van der Waals surface area contributed by atoms with Crippen molar-refractivity contribution in [2.75, 3.05) is 32.7 Å². The molecule has 1 aliphatic heterocycles. The van der Waals surface area contributed by atoms with Gasteiger partial charge in [-0.2, -0.15) is 0 Å². The first-order valence-corrected chi connectivity index (χ1v) is 12.4. The van der Waals surface area contributed by atoms with Crippen molar-refractivity contribution in [2.24, 2.45) is 0 Å². The highest BCUT2D eigenvalue weighted by molar-refractivity contribution is 7.12. The molecule has 0 spiro atoms. The number of thiophene rings is 1. The summed E-state index contributed by atoms with van der Waals surface area (Å²) in [6.45, 7) is 7.35. The van der Waals surface area contributed by atoms with Crippen LogP contribution in [0.25, 0.3) is 0 Å². The lowest BCUT2D eigenvalue weighted by atomic mass is 10.3. The highest BCUT2D eigenvalue weighted by Crippen LogP contribution is 2.18. The maximum atomic E-state index is 12.9. The van der Waals surface area contributed by atoms with E-state index in [-0.39, 0.29) is 17.7 Å². The number of nitrogens with zero attached hydrogens (tertiary/aromatic N) is 4. The number of carbonyl (C=O) groups is 3. The van der Waals surface area contributed by atoms with Gasteiger partial charge in [0.1, 0.15) is 5.76 Å². The molecule has 1 aliphatic rings. The van der Waals surface area contributed by atoms with Gasteiger partial charge in [0.2, 0.25) is 5.91 Å². The zero-order valence-corrected chi connectivity index (χ0v) is 20.4. The van der Waals surface area contributed by atoms with Crippen LogP contribution in [0, 0.1) is 0 Å². The molecule has 0 aromatic carbocycles. The Morgan fingerprint density at radius 1 is 1.03 bits per heavy atom. The van der Waals surface area contributed by atoms with E-state index in [9.17, 15) is 14.4 Å². The summed E-state index contributed by atoms with van der Waals surface area (Å²) in [5.74, 6) is 0.901. The van der Waals surface area contributed by atoms with Crippen LogP contribution in [-0.2, 0) is 17.9 Å². The predicted molar refractivity (Wildman–Crippen MR) is 130 cm³/mol. The molecule has 3 aromatic rings. The minimum absolute atomic E-state index is 0.0319. The Bertz CT molecular complexity index is 1130. The fourth-order valence-electron chi connectivity index (χ4n) is 4.15. The monoisotopic (exact) mass is 482 g/mol. The molecule has 4 heterocycles. The van der Waals surface area contributed by atoms with Crippen molar-refractivity contribution in [1.82, 2.24) is 19.3 Å². The van der Waals surface area contributed by atoms with E-state index in [0.29, 0.717) is 57.3 Å². The van der Waals surface area contributed by atoms with Crippen LogP contribution in [0.4, 0.5) is 0 Å². The first-order chi connectivity index (χ1) is 16.5. The summed E-state index contributed by atoms with van der Waals surface area (Å²) in [7, 11) is 0. The zero-order valence-electron chi connectivity index (χ0n) is 19.6. The van der Waals surface area contributed by atoms with E-state index in [1.165, 1.54) is 11.3 Å². The number of piperazine rings is 1. The zero-order chi connectivity index (χ0) is 24.1. The highest BCUT2D eigenvalue weighted by atomic mass is 32.1. The molecule has 0 bridgehead atoms. The summed E-state index contributed by atoms with van der Waals surface area (Å²) >= 11 is 1.45. The molecule has 180 valence electrons. The minimum Gasteiger partial charge on any atom is -0.454 e. The van der Waals surface area contributed by atoms with Crippen molar-refractivity contribution in [3.8, 4) is 0 Å². The highest BCUT2D eigenvalue weighted by Gasteiger charge is 2.25. The Morgan fingerprint density at radius 3 is 2.47 bits per heavy atom. The molecule has 1 fully saturated rings. The number of furan rings is 1. The molecular formula is C25H30N4O4S. The van der Waals surface area contributed by atoms with Crippen molar-refractivity contribution in [3.63, 3.8) is 0 Å². The Labute approximate surface area is 203 Å². The van der Waals surface area contributed by atoms with Gasteiger partial charge in [-0.15, -0.1) is 11.3 Å². The van der Waals surface area contributed by atoms with Crippen LogP contribution in [0.1, 0.15) is 51.9 Å². The lowest BCUT2D eigenvalue weighted by molar-refractivity contribution is -0.130. The Kier molecular flexibility index (Phi) is 7.52. The number of aromatic nitrogens is 1. The van der Waals surface area contributed by atoms with Gasteiger partial charge in [0.05, 0.1) is 18.0 Å². The molecule has 0 atom stereocenters. The average molecular weight is 483 g/mol. The van der Waals surface area contributed by atoms with Gasteiger partial charge in [-0.05, 0) is 42.1 Å². The third-order valence-electron chi connectivity index (χ3n) is 6.00. The fraction of sp³-hybridized carbons (Fsp3) is 0.400. The number of carbonyl (C=O) groups excluding carboxylic acids is 3. The van der Waals surface area contributed by atoms with Crippen molar-refractivity contribution in [2.45, 2.75) is 33.4 Å². The first kappa shape index (κ1) is 23.8. The maximum absolute atomic E-state index is 12.9. The average Bonchev–Trinajstić information content (AvgIpc) is 3.61. The summed E-state index contributed by atoms with van der Waals surface area (Å²) in [5, 5.41) is 1.92. The predicted octanol–water partition coefficient (Wildman–Crippen LogP) is 3.55. The van der Waals surface area contributed by atoms with Gasteiger partial charge >= 0.3 is 0 Å². The van der Waals surface area contributed by atoms with Crippen LogP contribution in [-0.4, -0.2) is 69.7 Å². The van der Waals surface area contributed by atoms with Gasteiger partial charge in [-0.3, -0.25) is 14.4 Å². The van der Waals surface area contributed by atoms with E-state index in [1.54, 1.807) is 22.8 Å². The van der Waals surface area contributed by atoms with Crippen LogP contribution >= 0.6 is 11.3 Å². The largest absolute Gasteiger partial charge is 0.454 e. The van der Waals surface area contributed by atoms with Crippen molar-refractivity contribution < 1.29 is 18.8 Å². The molecule has 3 aromatic heterocycles. The SMILES string of the molecule is CCCN(Cc1cccn1Cc1ccc(C(=O)N2CCN(C(C)=O)CC2)o1)C(=O)c1cccs1. The van der Waals surface area contributed by atoms with E-state index in [2.05, 4.69) is 6.92 Å². The van der Waals surface area contributed by atoms with Crippen LogP contribution in [0.15, 0.2) is 52.4 Å². The molecule has 9 heteroatoms. The molecule has 34 heavy (non-hydrogen) atoms. The number of hydrogen-bond acceptors (Lipinski definition) is 5. The Hall–Kier alpha value is -3.33. The number of rotatable bonds is 8. The Morgan fingerprint density at radius 2 is 1.79 bits per heavy atom. The first-order valence-electron chi connectivity index (χ1n) is 11.6. The fourth-order valence-corrected chi connectivity index (χ4v) is 4.84. The molecule has 0 N–H and O–H groups in total. The summed E-state index contributed by atoms with van der Waals surface area (Å²) in [5.41, 5.74) is 1.00. The molecule has 0 saturated carbocycles. The quantitative estimate of drug-likeness (QED) is 0.492. The Balaban J connectivity index is 1.40. The second-order valence-corrected chi connectivity index (χ2v) is 9.34. The van der Waals surface area contributed by atoms with Crippen LogP contribution in [0.2, 0.25) is 0 Å². The van der Waals surface area contributed by atoms with Gasteiger partial charge in [0.25, 0.3) is 11.8 Å². The summed E-state index contributed by atoms with van der Waals surface area (Å²) in [4.78, 5) is 43.4. The van der Waals surface area contributed by atoms with Crippen LogP contribution in [0.5, 0.6) is 0 Å². The minimum atomic E-state index is -0.155. The molecule has 3 amide bonds. The summed E-state index contributed by atoms with van der Waals surface area (Å²) in [6.07, 6.45) is 2.84. The second kappa shape index (κ2) is 10.7. The van der Waals surface area contributed by atoms with Crippen molar-refractivity contribution >= 4 is 29.1 Å². The van der Waals surface area contributed by atoms with Gasteiger partial charge < -0.3 is 23.7 Å². The van der Waals surface area contributed by atoms with Crippen LogP contribution in [0.3, 0.4) is 0 Å². The topological polar surface area (TPSA) is 79.0 Å². The molecular weight excluding hydrogens is 452 g/mol.